The minimum absolute atomic E-state index is 0.327. The van der Waals surface area contributed by atoms with Crippen LogP contribution in [0, 0.1) is 0 Å². The number of carbonyl (C=O) groups excluding carboxylic acids is 1. The van der Waals surface area contributed by atoms with E-state index in [4.69, 9.17) is 4.42 Å². The molecule has 0 spiro atoms. The van der Waals surface area contributed by atoms with Crippen molar-refractivity contribution in [2.75, 3.05) is 0 Å². The van der Waals surface area contributed by atoms with Gasteiger partial charge in [0.25, 0.3) is 5.91 Å². The first kappa shape index (κ1) is 18.5. The van der Waals surface area contributed by atoms with Crippen molar-refractivity contribution in [1.82, 2.24) is 14.9 Å². The van der Waals surface area contributed by atoms with Crippen LogP contribution in [0.1, 0.15) is 34.6 Å². The zero-order chi connectivity index (χ0) is 20.4. The predicted molar refractivity (Wildman–Crippen MR) is 109 cm³/mol. The standard InChI is InChI=1S/C22H19N3O4/c1-2-25-17-11-10-15(13-16(17)23-21(27)22(25)28)20(26)24-19(18-9-6-12-29-18)14-7-4-3-5-8-14/h3-13,19H,2H2,1H3,(H,23,27)(H,24,26). The number of carbonyl (C=O) groups is 1. The maximum Gasteiger partial charge on any atom is 0.316 e. The molecule has 29 heavy (non-hydrogen) atoms. The molecule has 0 saturated carbocycles. The van der Waals surface area contributed by atoms with Crippen LogP contribution >= 0.6 is 0 Å². The molecule has 1 unspecified atom stereocenters. The number of rotatable bonds is 5. The molecule has 0 radical (unpaired) electrons. The van der Waals surface area contributed by atoms with E-state index in [2.05, 4.69) is 10.3 Å². The molecule has 1 amide bonds. The Bertz CT molecular complexity index is 1270. The van der Waals surface area contributed by atoms with Crippen LogP contribution in [-0.2, 0) is 6.54 Å². The minimum Gasteiger partial charge on any atom is -0.467 e. The molecule has 0 fully saturated rings. The molecular formula is C22H19N3O4. The normalized spacial score (nSPS) is 12.0. The van der Waals surface area contributed by atoms with Crippen molar-refractivity contribution in [3.05, 3.63) is 105 Å². The lowest BCUT2D eigenvalue weighted by Gasteiger charge is -2.17. The SMILES string of the molecule is CCn1c(=O)c(=O)[nH]c2cc(C(=O)NC(c3ccccc3)c3ccco3)ccc21. The van der Waals surface area contributed by atoms with Crippen LogP contribution in [-0.4, -0.2) is 15.5 Å². The second-order valence-corrected chi connectivity index (χ2v) is 6.57. The zero-order valence-electron chi connectivity index (χ0n) is 15.7. The van der Waals surface area contributed by atoms with E-state index in [1.165, 1.54) is 4.57 Å². The number of nitrogens with zero attached hydrogens (tertiary/aromatic N) is 1. The number of aryl methyl sites for hydroxylation is 1. The monoisotopic (exact) mass is 389 g/mol. The largest absolute Gasteiger partial charge is 0.467 e. The molecule has 146 valence electrons. The molecular weight excluding hydrogens is 370 g/mol. The summed E-state index contributed by atoms with van der Waals surface area (Å²) >= 11 is 0. The van der Waals surface area contributed by atoms with Crippen molar-refractivity contribution in [3.8, 4) is 0 Å². The van der Waals surface area contributed by atoms with Crippen molar-refractivity contribution in [3.63, 3.8) is 0 Å². The number of furan rings is 1. The second-order valence-electron chi connectivity index (χ2n) is 6.57. The van der Waals surface area contributed by atoms with Crippen molar-refractivity contribution in [2.45, 2.75) is 19.5 Å². The molecule has 0 aliphatic carbocycles. The Morgan fingerprint density at radius 1 is 1.10 bits per heavy atom. The first-order chi connectivity index (χ1) is 14.1. The summed E-state index contributed by atoms with van der Waals surface area (Å²) in [5, 5.41) is 2.98. The molecule has 0 bridgehead atoms. The van der Waals surface area contributed by atoms with Gasteiger partial charge in [-0.15, -0.1) is 0 Å². The highest BCUT2D eigenvalue weighted by Crippen LogP contribution is 2.23. The van der Waals surface area contributed by atoms with E-state index in [1.54, 1.807) is 43.5 Å². The molecule has 2 N–H and O–H groups in total. The van der Waals surface area contributed by atoms with E-state index < -0.39 is 17.2 Å². The minimum atomic E-state index is -0.713. The fraction of sp³-hybridized carbons (Fsp3) is 0.136. The van der Waals surface area contributed by atoms with Gasteiger partial charge in [-0.25, -0.2) is 0 Å². The molecule has 4 aromatic rings. The number of fused-ring (bicyclic) bond motifs is 1. The summed E-state index contributed by atoms with van der Waals surface area (Å²) in [6, 6.07) is 17.5. The van der Waals surface area contributed by atoms with E-state index in [0.29, 0.717) is 28.9 Å². The molecule has 0 saturated heterocycles. The fourth-order valence-electron chi connectivity index (χ4n) is 3.37. The van der Waals surface area contributed by atoms with Crippen LogP contribution in [0.2, 0.25) is 0 Å². The Labute approximate surface area is 165 Å². The summed E-state index contributed by atoms with van der Waals surface area (Å²) in [7, 11) is 0. The summed E-state index contributed by atoms with van der Waals surface area (Å²) in [6.07, 6.45) is 1.56. The highest BCUT2D eigenvalue weighted by Gasteiger charge is 2.20. The summed E-state index contributed by atoms with van der Waals surface area (Å²) in [5.41, 5.74) is 0.915. The number of benzene rings is 2. The van der Waals surface area contributed by atoms with Crippen molar-refractivity contribution < 1.29 is 9.21 Å². The van der Waals surface area contributed by atoms with E-state index in [9.17, 15) is 14.4 Å². The van der Waals surface area contributed by atoms with Gasteiger partial charge < -0.3 is 19.3 Å². The molecule has 7 heteroatoms. The summed E-state index contributed by atoms with van der Waals surface area (Å²) in [6.45, 7) is 2.15. The Morgan fingerprint density at radius 3 is 2.59 bits per heavy atom. The number of nitrogens with one attached hydrogen (secondary N) is 2. The van der Waals surface area contributed by atoms with E-state index in [-0.39, 0.29) is 5.91 Å². The van der Waals surface area contributed by atoms with E-state index in [0.717, 1.165) is 5.56 Å². The van der Waals surface area contributed by atoms with Crippen molar-refractivity contribution in [2.24, 2.45) is 0 Å². The lowest BCUT2D eigenvalue weighted by molar-refractivity contribution is 0.0939. The topological polar surface area (TPSA) is 97.1 Å². The number of aromatic nitrogens is 2. The Kier molecular flexibility index (Phi) is 4.87. The molecule has 2 aromatic heterocycles. The molecule has 7 nitrogen and oxygen atoms in total. The maximum atomic E-state index is 13.0. The van der Waals surface area contributed by atoms with Crippen LogP contribution in [0.25, 0.3) is 11.0 Å². The van der Waals surface area contributed by atoms with Crippen LogP contribution in [0.4, 0.5) is 0 Å². The van der Waals surface area contributed by atoms with Gasteiger partial charge in [0, 0.05) is 12.1 Å². The average Bonchev–Trinajstić information content (AvgIpc) is 3.27. The third kappa shape index (κ3) is 3.50. The maximum absolute atomic E-state index is 13.0. The van der Waals surface area contributed by atoms with E-state index in [1.807, 2.05) is 30.3 Å². The van der Waals surface area contributed by atoms with E-state index >= 15 is 0 Å². The number of hydrogen-bond acceptors (Lipinski definition) is 4. The Morgan fingerprint density at radius 2 is 1.90 bits per heavy atom. The quantitative estimate of drug-likeness (QED) is 0.513. The first-order valence-corrected chi connectivity index (χ1v) is 9.24. The lowest BCUT2D eigenvalue weighted by Crippen LogP contribution is -2.36. The summed E-state index contributed by atoms with van der Waals surface area (Å²) < 4.78 is 6.90. The van der Waals surface area contributed by atoms with Crippen LogP contribution in [0.15, 0.2) is 80.9 Å². The van der Waals surface area contributed by atoms with Crippen molar-refractivity contribution >= 4 is 16.9 Å². The van der Waals surface area contributed by atoms with Gasteiger partial charge in [-0.1, -0.05) is 30.3 Å². The smallest absolute Gasteiger partial charge is 0.316 e. The summed E-state index contributed by atoms with van der Waals surface area (Å²) in [5.74, 6) is 0.283. The second kappa shape index (κ2) is 7.63. The highest BCUT2D eigenvalue weighted by molar-refractivity contribution is 5.97. The number of aromatic amines is 1. The number of amides is 1. The Hall–Kier alpha value is -3.87. The molecule has 2 aromatic carbocycles. The molecule has 0 aliphatic heterocycles. The molecule has 1 atom stereocenters. The van der Waals surface area contributed by atoms with Gasteiger partial charge in [0.1, 0.15) is 11.8 Å². The van der Waals surface area contributed by atoms with Gasteiger partial charge in [0.05, 0.1) is 17.3 Å². The zero-order valence-corrected chi connectivity index (χ0v) is 15.7. The number of hydrogen-bond donors (Lipinski definition) is 2. The van der Waals surface area contributed by atoms with Gasteiger partial charge in [0.15, 0.2) is 0 Å². The highest BCUT2D eigenvalue weighted by atomic mass is 16.3. The average molecular weight is 389 g/mol. The fourth-order valence-corrected chi connectivity index (χ4v) is 3.37. The predicted octanol–water partition coefficient (Wildman–Crippen LogP) is 2.82. The third-order valence-electron chi connectivity index (χ3n) is 4.79. The molecule has 4 rings (SSSR count). The number of H-pyrrole nitrogens is 1. The molecule has 0 aliphatic rings. The Balaban J connectivity index is 1.72. The lowest BCUT2D eigenvalue weighted by atomic mass is 10.0. The van der Waals surface area contributed by atoms with Crippen LogP contribution in [0.3, 0.4) is 0 Å². The summed E-state index contributed by atoms with van der Waals surface area (Å²) in [4.78, 5) is 39.4. The van der Waals surface area contributed by atoms with Gasteiger partial charge in [0.2, 0.25) is 0 Å². The van der Waals surface area contributed by atoms with Crippen LogP contribution < -0.4 is 16.4 Å². The van der Waals surface area contributed by atoms with Crippen molar-refractivity contribution in [1.29, 1.82) is 0 Å². The van der Waals surface area contributed by atoms with Gasteiger partial charge in [-0.05, 0) is 42.8 Å². The van der Waals surface area contributed by atoms with Gasteiger partial charge in [-0.2, -0.15) is 0 Å². The molecule has 2 heterocycles. The van der Waals surface area contributed by atoms with Gasteiger partial charge in [-0.3, -0.25) is 14.4 Å². The third-order valence-corrected chi connectivity index (χ3v) is 4.79. The first-order valence-electron chi connectivity index (χ1n) is 9.24. The van der Waals surface area contributed by atoms with Gasteiger partial charge >= 0.3 is 11.1 Å². The van der Waals surface area contributed by atoms with Crippen LogP contribution in [0.5, 0.6) is 0 Å².